The van der Waals surface area contributed by atoms with Crippen molar-refractivity contribution in [1.29, 1.82) is 0 Å². The van der Waals surface area contributed by atoms with Crippen LogP contribution in [0.2, 0.25) is 0 Å². The van der Waals surface area contributed by atoms with E-state index in [1.54, 1.807) is 7.11 Å². The monoisotopic (exact) mass is 236 g/mol. The predicted molar refractivity (Wildman–Crippen MR) is 63.2 cm³/mol. The van der Waals surface area contributed by atoms with Crippen LogP contribution in [-0.4, -0.2) is 24.4 Å². The molecule has 2 atom stereocenters. The number of carboxylic acid groups (broad SMARTS) is 1. The topological polar surface area (TPSA) is 84.6 Å². The largest absolute Gasteiger partial charge is 0.497 e. The fourth-order valence-electron chi connectivity index (χ4n) is 2.25. The molecule has 0 heterocycles. The number of methoxy groups -OCH3 is 1. The highest BCUT2D eigenvalue weighted by Gasteiger charge is 2.28. The third kappa shape index (κ3) is 2.34. The van der Waals surface area contributed by atoms with Gasteiger partial charge in [0.15, 0.2) is 0 Å². The first-order valence-electron chi connectivity index (χ1n) is 5.53. The summed E-state index contributed by atoms with van der Waals surface area (Å²) in [5.41, 5.74) is 8.02. The molecule has 4 N–H and O–H groups in total. The summed E-state index contributed by atoms with van der Waals surface area (Å²) in [6.07, 6.45) is 0.601. The number of hydrogen-bond acceptors (Lipinski definition) is 3. The fraction of sp³-hybridized carbons (Fsp3) is 0.417. The maximum Gasteiger partial charge on any atom is 0.405 e. The number of hydrogen-bond donors (Lipinski definition) is 3. The van der Waals surface area contributed by atoms with Crippen molar-refractivity contribution in [1.82, 2.24) is 5.32 Å². The summed E-state index contributed by atoms with van der Waals surface area (Å²) in [7, 11) is 1.59. The lowest BCUT2D eigenvalue weighted by Gasteiger charge is -2.31. The van der Waals surface area contributed by atoms with E-state index in [0.29, 0.717) is 0 Å². The van der Waals surface area contributed by atoms with Gasteiger partial charge in [-0.25, -0.2) is 4.79 Å². The average molecular weight is 236 g/mol. The Morgan fingerprint density at radius 2 is 2.35 bits per heavy atom. The van der Waals surface area contributed by atoms with E-state index in [2.05, 4.69) is 5.32 Å². The molecule has 0 bridgehead atoms. The molecule has 92 valence electrons. The van der Waals surface area contributed by atoms with Crippen molar-refractivity contribution in [3.8, 4) is 5.75 Å². The number of nitrogens with one attached hydrogen (secondary N) is 1. The summed E-state index contributed by atoms with van der Waals surface area (Å²) in [5, 5.41) is 11.3. The fourth-order valence-corrected chi connectivity index (χ4v) is 2.25. The molecule has 1 aliphatic carbocycles. The van der Waals surface area contributed by atoms with E-state index in [9.17, 15) is 4.79 Å². The van der Waals surface area contributed by atoms with Gasteiger partial charge < -0.3 is 20.9 Å². The zero-order valence-electron chi connectivity index (χ0n) is 9.64. The van der Waals surface area contributed by atoms with Crippen LogP contribution in [0, 0.1) is 0 Å². The second-order valence-corrected chi connectivity index (χ2v) is 4.19. The molecule has 17 heavy (non-hydrogen) atoms. The molecular formula is C12H16N2O3. The summed E-state index contributed by atoms with van der Waals surface area (Å²) in [6.45, 7) is 0. The van der Waals surface area contributed by atoms with Crippen LogP contribution >= 0.6 is 0 Å². The van der Waals surface area contributed by atoms with Gasteiger partial charge in [0.05, 0.1) is 13.2 Å². The highest BCUT2D eigenvalue weighted by atomic mass is 16.5. The molecule has 0 radical (unpaired) electrons. The van der Waals surface area contributed by atoms with Crippen LogP contribution in [0.3, 0.4) is 0 Å². The van der Waals surface area contributed by atoms with Gasteiger partial charge in [0.1, 0.15) is 5.75 Å². The first-order chi connectivity index (χ1) is 8.11. The smallest absolute Gasteiger partial charge is 0.405 e. The molecule has 1 unspecified atom stereocenters. The molecule has 1 aromatic rings. The second kappa shape index (κ2) is 4.63. The molecular weight excluding hydrogens is 220 g/mol. The third-order valence-corrected chi connectivity index (χ3v) is 3.14. The molecule has 0 saturated heterocycles. The summed E-state index contributed by atoms with van der Waals surface area (Å²) in [6, 6.07) is 5.16. The van der Waals surface area contributed by atoms with Crippen LogP contribution in [0.15, 0.2) is 18.2 Å². The number of aryl methyl sites for hydroxylation is 1. The highest BCUT2D eigenvalue weighted by molar-refractivity contribution is 5.65. The lowest BCUT2D eigenvalue weighted by molar-refractivity contribution is 0.186. The Kier molecular flexibility index (Phi) is 3.19. The summed E-state index contributed by atoms with van der Waals surface area (Å²) in [4.78, 5) is 10.8. The Morgan fingerprint density at radius 1 is 1.59 bits per heavy atom. The molecule has 5 heteroatoms. The van der Waals surface area contributed by atoms with Gasteiger partial charge in [0, 0.05) is 6.04 Å². The van der Waals surface area contributed by atoms with Crippen molar-refractivity contribution in [3.63, 3.8) is 0 Å². The lowest BCUT2D eigenvalue weighted by atomic mass is 9.84. The number of carbonyl (C=O) groups is 1. The maximum atomic E-state index is 10.8. The number of fused-ring (bicyclic) bond motifs is 1. The lowest BCUT2D eigenvalue weighted by Crippen LogP contribution is -2.43. The van der Waals surface area contributed by atoms with Crippen molar-refractivity contribution in [2.24, 2.45) is 5.73 Å². The minimum absolute atomic E-state index is 0.189. The molecule has 5 nitrogen and oxygen atoms in total. The first-order valence-corrected chi connectivity index (χ1v) is 5.53. The van der Waals surface area contributed by atoms with Crippen LogP contribution in [0.5, 0.6) is 5.75 Å². The number of ether oxygens (including phenoxy) is 1. The van der Waals surface area contributed by atoms with Gasteiger partial charge in [0.25, 0.3) is 0 Å². The quantitative estimate of drug-likeness (QED) is 0.722. The summed E-state index contributed by atoms with van der Waals surface area (Å²) >= 11 is 0. The van der Waals surface area contributed by atoms with Crippen molar-refractivity contribution in [2.75, 3.05) is 7.11 Å². The van der Waals surface area contributed by atoms with Gasteiger partial charge in [0.2, 0.25) is 0 Å². The number of benzene rings is 1. The van der Waals surface area contributed by atoms with Crippen molar-refractivity contribution < 1.29 is 14.6 Å². The van der Waals surface area contributed by atoms with Gasteiger partial charge in [-0.2, -0.15) is 0 Å². The van der Waals surface area contributed by atoms with Crippen molar-refractivity contribution >= 4 is 6.09 Å². The first kappa shape index (κ1) is 11.7. The zero-order chi connectivity index (χ0) is 12.4. The van der Waals surface area contributed by atoms with Crippen molar-refractivity contribution in [3.05, 3.63) is 29.3 Å². The van der Waals surface area contributed by atoms with Gasteiger partial charge in [-0.3, -0.25) is 0 Å². The molecule has 0 aromatic heterocycles. The molecule has 0 aliphatic heterocycles. The Labute approximate surface area is 99.6 Å². The number of nitrogens with two attached hydrogens (primary N) is 1. The average Bonchev–Trinajstić information content (AvgIpc) is 2.32. The molecule has 1 amide bonds. The van der Waals surface area contributed by atoms with Crippen LogP contribution in [0.4, 0.5) is 4.79 Å². The summed E-state index contributed by atoms with van der Waals surface area (Å²) < 4.78 is 5.15. The van der Waals surface area contributed by atoms with Crippen LogP contribution in [0.25, 0.3) is 0 Å². The normalized spacial score (nSPS) is 22.7. The van der Waals surface area contributed by atoms with Gasteiger partial charge >= 0.3 is 6.09 Å². The number of amides is 1. The van der Waals surface area contributed by atoms with E-state index in [1.165, 1.54) is 0 Å². The van der Waals surface area contributed by atoms with E-state index in [-0.39, 0.29) is 12.1 Å². The Bertz CT molecular complexity index is 434. The molecule has 0 fully saturated rings. The third-order valence-electron chi connectivity index (χ3n) is 3.14. The molecule has 1 aliphatic rings. The van der Waals surface area contributed by atoms with Gasteiger partial charge in [-0.05, 0) is 36.1 Å². The number of rotatable bonds is 2. The Hall–Kier alpha value is -1.75. The van der Waals surface area contributed by atoms with Crippen LogP contribution in [0.1, 0.15) is 23.6 Å². The van der Waals surface area contributed by atoms with E-state index in [1.807, 2.05) is 18.2 Å². The molecule has 1 aromatic carbocycles. The van der Waals surface area contributed by atoms with E-state index < -0.39 is 6.09 Å². The Morgan fingerprint density at radius 3 is 3.00 bits per heavy atom. The minimum Gasteiger partial charge on any atom is -0.497 e. The standard InChI is InChI=1S/C12H16N2O3/c1-17-8-4-2-7-3-5-10(13)11(9(7)6-8)14-12(15)16/h2,4,6,10-11,14H,3,5,13H2,1H3,(H,15,16)/t10?,11-/m0/s1. The zero-order valence-corrected chi connectivity index (χ0v) is 9.64. The van der Waals surface area contributed by atoms with E-state index in [0.717, 1.165) is 29.7 Å². The van der Waals surface area contributed by atoms with Crippen molar-refractivity contribution in [2.45, 2.75) is 24.9 Å². The van der Waals surface area contributed by atoms with E-state index >= 15 is 0 Å². The Balaban J connectivity index is 2.37. The van der Waals surface area contributed by atoms with Gasteiger partial charge in [-0.15, -0.1) is 0 Å². The SMILES string of the molecule is COc1ccc2c(c1)[C@H](NC(=O)O)C(N)CC2. The van der Waals surface area contributed by atoms with Crippen LogP contribution in [-0.2, 0) is 6.42 Å². The summed E-state index contributed by atoms with van der Waals surface area (Å²) in [5.74, 6) is 0.718. The van der Waals surface area contributed by atoms with E-state index in [4.69, 9.17) is 15.6 Å². The predicted octanol–water partition coefficient (Wildman–Crippen LogP) is 1.28. The molecule has 0 spiro atoms. The maximum absolute atomic E-state index is 10.8. The highest BCUT2D eigenvalue weighted by Crippen LogP contribution is 2.31. The molecule has 2 rings (SSSR count). The molecule has 0 saturated carbocycles. The van der Waals surface area contributed by atoms with Crippen LogP contribution < -0.4 is 15.8 Å². The van der Waals surface area contributed by atoms with Gasteiger partial charge in [-0.1, -0.05) is 6.07 Å². The minimum atomic E-state index is -1.05. The second-order valence-electron chi connectivity index (χ2n) is 4.19.